The van der Waals surface area contributed by atoms with E-state index >= 15 is 0 Å². The number of ether oxygens (including phenoxy) is 1. The van der Waals surface area contributed by atoms with Crippen molar-refractivity contribution in [2.24, 2.45) is 11.7 Å². The topological polar surface area (TPSA) is 96.6 Å². The van der Waals surface area contributed by atoms with E-state index < -0.39 is 0 Å². The first-order valence-corrected chi connectivity index (χ1v) is 10.1. The SMILES string of the molecule is CN1CCC[C@H]1COc1nc2c(c(N3CCCC(C(N)=O)C3)n1)CCNC2. The fourth-order valence-corrected chi connectivity index (χ4v) is 4.41. The highest BCUT2D eigenvalue weighted by molar-refractivity contribution is 5.77. The highest BCUT2D eigenvalue weighted by Crippen LogP contribution is 2.30. The van der Waals surface area contributed by atoms with Crippen molar-refractivity contribution in [1.82, 2.24) is 20.2 Å². The molecule has 4 heterocycles. The zero-order chi connectivity index (χ0) is 18.8. The first-order chi connectivity index (χ1) is 13.1. The molecular formula is C19H30N6O2. The van der Waals surface area contributed by atoms with Crippen LogP contribution < -0.4 is 20.7 Å². The normalized spacial score (nSPS) is 26.0. The standard InChI is InChI=1S/C19H30N6O2/c1-24-8-3-5-14(24)12-27-19-22-16-10-21-7-6-15(16)18(23-19)25-9-2-4-13(11-25)17(20)26/h13-14,21H,2-12H2,1H3,(H2,20,26)/t13?,14-/m0/s1. The molecule has 1 unspecified atom stereocenters. The molecule has 2 fully saturated rings. The van der Waals surface area contributed by atoms with Gasteiger partial charge in [-0.15, -0.1) is 0 Å². The molecule has 3 aliphatic rings. The van der Waals surface area contributed by atoms with Gasteiger partial charge in [0.1, 0.15) is 12.4 Å². The Labute approximate surface area is 160 Å². The van der Waals surface area contributed by atoms with Crippen LogP contribution in [0.15, 0.2) is 0 Å². The molecule has 3 N–H and O–H groups in total. The van der Waals surface area contributed by atoms with Crippen molar-refractivity contribution in [2.45, 2.75) is 44.7 Å². The summed E-state index contributed by atoms with van der Waals surface area (Å²) in [6, 6.07) is 0.884. The number of carbonyl (C=O) groups is 1. The van der Waals surface area contributed by atoms with Crippen LogP contribution in [0.1, 0.15) is 36.9 Å². The van der Waals surface area contributed by atoms with Crippen molar-refractivity contribution in [2.75, 3.05) is 44.7 Å². The van der Waals surface area contributed by atoms with Crippen molar-refractivity contribution in [3.05, 3.63) is 11.3 Å². The van der Waals surface area contributed by atoms with Crippen molar-refractivity contribution in [1.29, 1.82) is 0 Å². The molecule has 0 bridgehead atoms. The van der Waals surface area contributed by atoms with Crippen molar-refractivity contribution < 1.29 is 9.53 Å². The van der Waals surface area contributed by atoms with E-state index in [1.54, 1.807) is 0 Å². The minimum Gasteiger partial charge on any atom is -0.462 e. The average Bonchev–Trinajstić information content (AvgIpc) is 3.10. The molecule has 0 aromatic carbocycles. The lowest BCUT2D eigenvalue weighted by molar-refractivity contribution is -0.122. The molecule has 148 valence electrons. The summed E-state index contributed by atoms with van der Waals surface area (Å²) in [5.41, 5.74) is 7.77. The maximum atomic E-state index is 11.7. The van der Waals surface area contributed by atoms with E-state index in [4.69, 9.17) is 15.5 Å². The van der Waals surface area contributed by atoms with E-state index in [2.05, 4.69) is 27.1 Å². The first kappa shape index (κ1) is 18.4. The second kappa shape index (κ2) is 7.98. The Bertz CT molecular complexity index is 697. The number of piperidine rings is 1. The van der Waals surface area contributed by atoms with Gasteiger partial charge in [0, 0.05) is 31.2 Å². The number of hydrogen-bond acceptors (Lipinski definition) is 7. The second-order valence-electron chi connectivity index (χ2n) is 7.96. The number of nitrogens with zero attached hydrogens (tertiary/aromatic N) is 4. The number of anilines is 1. The van der Waals surface area contributed by atoms with Crippen LogP contribution in [0, 0.1) is 5.92 Å². The third kappa shape index (κ3) is 4.01. The molecular weight excluding hydrogens is 344 g/mol. The molecule has 1 aromatic rings. The number of hydrogen-bond donors (Lipinski definition) is 2. The average molecular weight is 374 g/mol. The smallest absolute Gasteiger partial charge is 0.318 e. The van der Waals surface area contributed by atoms with Gasteiger partial charge in [-0.25, -0.2) is 0 Å². The maximum absolute atomic E-state index is 11.7. The number of nitrogens with one attached hydrogen (secondary N) is 1. The predicted octanol–water partition coefficient (Wildman–Crippen LogP) is 0.297. The summed E-state index contributed by atoms with van der Waals surface area (Å²) in [7, 11) is 2.14. The minimum absolute atomic E-state index is 0.109. The summed E-state index contributed by atoms with van der Waals surface area (Å²) in [6.45, 7) is 4.92. The molecule has 2 atom stereocenters. The Balaban J connectivity index is 1.56. The highest BCUT2D eigenvalue weighted by Gasteiger charge is 2.29. The number of amides is 1. The predicted molar refractivity (Wildman–Crippen MR) is 103 cm³/mol. The van der Waals surface area contributed by atoms with Crippen LogP contribution in [0.2, 0.25) is 0 Å². The Morgan fingerprint density at radius 1 is 1.30 bits per heavy atom. The number of likely N-dealkylation sites (tertiary alicyclic amines) is 1. The lowest BCUT2D eigenvalue weighted by Crippen LogP contribution is -2.42. The second-order valence-corrected chi connectivity index (χ2v) is 7.96. The lowest BCUT2D eigenvalue weighted by Gasteiger charge is -2.34. The number of likely N-dealkylation sites (N-methyl/N-ethyl adjacent to an activating group) is 1. The number of fused-ring (bicyclic) bond motifs is 1. The number of aromatic nitrogens is 2. The summed E-state index contributed by atoms with van der Waals surface area (Å²) < 4.78 is 6.02. The van der Waals surface area contributed by atoms with Crippen LogP contribution in [0.3, 0.4) is 0 Å². The van der Waals surface area contributed by atoms with Crippen LogP contribution in [0.5, 0.6) is 6.01 Å². The minimum atomic E-state index is -0.218. The van der Waals surface area contributed by atoms with E-state index in [0.717, 1.165) is 63.4 Å². The molecule has 3 aliphatic heterocycles. The summed E-state index contributed by atoms with van der Waals surface area (Å²) in [5.74, 6) is 0.606. The van der Waals surface area contributed by atoms with Gasteiger partial charge in [-0.05, 0) is 52.2 Å². The Morgan fingerprint density at radius 2 is 2.15 bits per heavy atom. The quantitative estimate of drug-likeness (QED) is 0.765. The van der Waals surface area contributed by atoms with Crippen LogP contribution in [-0.4, -0.2) is 66.7 Å². The zero-order valence-corrected chi connectivity index (χ0v) is 16.1. The van der Waals surface area contributed by atoms with Gasteiger partial charge >= 0.3 is 6.01 Å². The summed E-state index contributed by atoms with van der Waals surface area (Å²) in [4.78, 5) is 25.7. The Morgan fingerprint density at radius 3 is 2.93 bits per heavy atom. The molecule has 8 nitrogen and oxygen atoms in total. The molecule has 4 rings (SSSR count). The fraction of sp³-hybridized carbons (Fsp3) is 0.737. The maximum Gasteiger partial charge on any atom is 0.318 e. The summed E-state index contributed by atoms with van der Waals surface area (Å²) >= 11 is 0. The van der Waals surface area contributed by atoms with Crippen molar-refractivity contribution >= 4 is 11.7 Å². The fourth-order valence-electron chi connectivity index (χ4n) is 4.41. The monoisotopic (exact) mass is 374 g/mol. The molecule has 0 spiro atoms. The van der Waals surface area contributed by atoms with Crippen LogP contribution in [-0.2, 0) is 17.8 Å². The highest BCUT2D eigenvalue weighted by atomic mass is 16.5. The van der Waals surface area contributed by atoms with E-state index in [0.29, 0.717) is 25.2 Å². The third-order valence-electron chi connectivity index (χ3n) is 6.09. The number of carbonyl (C=O) groups excluding carboxylic acids is 1. The largest absolute Gasteiger partial charge is 0.462 e. The van der Waals surface area contributed by atoms with Crippen LogP contribution in [0.4, 0.5) is 5.82 Å². The van der Waals surface area contributed by atoms with Gasteiger partial charge in [0.15, 0.2) is 0 Å². The Hall–Kier alpha value is -1.93. The van der Waals surface area contributed by atoms with E-state index in [1.807, 2.05) is 0 Å². The van der Waals surface area contributed by atoms with Gasteiger partial charge in [0.25, 0.3) is 0 Å². The first-order valence-electron chi connectivity index (χ1n) is 10.1. The molecule has 1 amide bonds. The van der Waals surface area contributed by atoms with E-state index in [1.165, 1.54) is 12.0 Å². The molecule has 8 heteroatoms. The van der Waals surface area contributed by atoms with Crippen LogP contribution in [0.25, 0.3) is 0 Å². The van der Waals surface area contributed by atoms with E-state index in [-0.39, 0.29) is 11.8 Å². The summed E-state index contributed by atoms with van der Waals surface area (Å²) in [5, 5.41) is 3.38. The van der Waals surface area contributed by atoms with Gasteiger partial charge < -0.3 is 25.6 Å². The molecule has 1 aromatic heterocycles. The van der Waals surface area contributed by atoms with Gasteiger partial charge in [-0.1, -0.05) is 0 Å². The van der Waals surface area contributed by atoms with Gasteiger partial charge in [0.2, 0.25) is 5.91 Å². The molecule has 27 heavy (non-hydrogen) atoms. The van der Waals surface area contributed by atoms with E-state index in [9.17, 15) is 4.79 Å². The molecule has 2 saturated heterocycles. The molecule has 0 saturated carbocycles. The lowest BCUT2D eigenvalue weighted by atomic mass is 9.96. The van der Waals surface area contributed by atoms with Crippen molar-refractivity contribution in [3.8, 4) is 6.01 Å². The summed E-state index contributed by atoms with van der Waals surface area (Å²) in [6.07, 6.45) is 5.08. The van der Waals surface area contributed by atoms with Crippen molar-refractivity contribution in [3.63, 3.8) is 0 Å². The number of rotatable bonds is 5. The van der Waals surface area contributed by atoms with Gasteiger partial charge in [-0.3, -0.25) is 4.79 Å². The van der Waals surface area contributed by atoms with Crippen LogP contribution >= 0.6 is 0 Å². The zero-order valence-electron chi connectivity index (χ0n) is 16.1. The van der Waals surface area contributed by atoms with Gasteiger partial charge in [-0.2, -0.15) is 9.97 Å². The molecule has 0 aliphatic carbocycles. The van der Waals surface area contributed by atoms with Gasteiger partial charge in [0.05, 0.1) is 11.6 Å². The number of primary amides is 1. The molecule has 0 radical (unpaired) electrons. The third-order valence-corrected chi connectivity index (χ3v) is 6.09. The Kier molecular flexibility index (Phi) is 5.45. The number of nitrogens with two attached hydrogens (primary N) is 1.